The zero-order valence-corrected chi connectivity index (χ0v) is 13.6. The summed E-state index contributed by atoms with van der Waals surface area (Å²) < 4.78 is 0. The molecule has 21 heavy (non-hydrogen) atoms. The van der Waals surface area contributed by atoms with Gasteiger partial charge in [-0.1, -0.05) is 47.5 Å². The van der Waals surface area contributed by atoms with Gasteiger partial charge in [-0.15, -0.1) is 11.8 Å². The van der Waals surface area contributed by atoms with Crippen LogP contribution in [0.15, 0.2) is 48.5 Å². The van der Waals surface area contributed by atoms with Crippen molar-refractivity contribution in [3.63, 3.8) is 0 Å². The van der Waals surface area contributed by atoms with Crippen LogP contribution in [0.25, 0.3) is 0 Å². The van der Waals surface area contributed by atoms with E-state index in [1.807, 2.05) is 49.4 Å². The van der Waals surface area contributed by atoms with Gasteiger partial charge in [0.1, 0.15) is 5.37 Å². The topological polar surface area (TPSA) is 20.3 Å². The Morgan fingerprint density at radius 2 is 1.86 bits per heavy atom. The van der Waals surface area contributed by atoms with E-state index in [1.54, 1.807) is 22.7 Å². The Balaban J connectivity index is 2.07. The van der Waals surface area contributed by atoms with Crippen molar-refractivity contribution >= 4 is 46.6 Å². The second kappa shape index (κ2) is 5.91. The zero-order valence-electron chi connectivity index (χ0n) is 11.3. The van der Waals surface area contributed by atoms with Crippen molar-refractivity contribution in [2.75, 3.05) is 4.90 Å². The smallest absolute Gasteiger partial charge is 0.241 e. The predicted molar refractivity (Wildman–Crippen MR) is 90.2 cm³/mol. The minimum atomic E-state index is -0.125. The Labute approximate surface area is 138 Å². The van der Waals surface area contributed by atoms with Gasteiger partial charge in [0.25, 0.3) is 0 Å². The molecule has 2 aromatic carbocycles. The van der Waals surface area contributed by atoms with Crippen LogP contribution in [0.2, 0.25) is 10.0 Å². The van der Waals surface area contributed by atoms with E-state index >= 15 is 0 Å². The molecule has 0 spiro atoms. The molecule has 2 unspecified atom stereocenters. The van der Waals surface area contributed by atoms with E-state index in [9.17, 15) is 4.79 Å². The minimum Gasteiger partial charge on any atom is -0.295 e. The summed E-state index contributed by atoms with van der Waals surface area (Å²) in [6.45, 7) is 1.92. The third kappa shape index (κ3) is 2.78. The lowest BCUT2D eigenvalue weighted by molar-refractivity contribution is -0.117. The molecule has 0 aromatic heterocycles. The van der Waals surface area contributed by atoms with Crippen molar-refractivity contribution in [2.45, 2.75) is 17.5 Å². The molecule has 0 saturated carbocycles. The van der Waals surface area contributed by atoms with Crippen LogP contribution >= 0.6 is 35.0 Å². The first-order chi connectivity index (χ1) is 10.1. The number of amides is 1. The van der Waals surface area contributed by atoms with Gasteiger partial charge in [-0.05, 0) is 31.2 Å². The molecule has 2 aromatic rings. The van der Waals surface area contributed by atoms with Crippen molar-refractivity contribution in [1.82, 2.24) is 0 Å². The normalized spacial score (nSPS) is 21.9. The first-order valence-electron chi connectivity index (χ1n) is 6.56. The third-order valence-corrected chi connectivity index (χ3v) is 5.32. The van der Waals surface area contributed by atoms with Gasteiger partial charge >= 0.3 is 0 Å². The van der Waals surface area contributed by atoms with Crippen molar-refractivity contribution in [1.29, 1.82) is 0 Å². The number of rotatable bonds is 2. The molecule has 5 heteroatoms. The summed E-state index contributed by atoms with van der Waals surface area (Å²) in [7, 11) is 0. The summed E-state index contributed by atoms with van der Waals surface area (Å²) >= 11 is 14.0. The monoisotopic (exact) mass is 337 g/mol. The highest BCUT2D eigenvalue weighted by Gasteiger charge is 2.40. The molecule has 0 radical (unpaired) electrons. The molecule has 3 rings (SSSR count). The van der Waals surface area contributed by atoms with Crippen LogP contribution < -0.4 is 4.90 Å². The second-order valence-electron chi connectivity index (χ2n) is 4.84. The first kappa shape index (κ1) is 14.8. The fraction of sp³-hybridized carbons (Fsp3) is 0.188. The Hall–Kier alpha value is -1.16. The summed E-state index contributed by atoms with van der Waals surface area (Å²) in [5.41, 5.74) is 1.75. The van der Waals surface area contributed by atoms with E-state index in [1.165, 1.54) is 0 Å². The highest BCUT2D eigenvalue weighted by Crippen LogP contribution is 2.47. The average Bonchev–Trinajstić information content (AvgIpc) is 2.75. The highest BCUT2D eigenvalue weighted by molar-refractivity contribution is 8.01. The maximum absolute atomic E-state index is 12.5. The summed E-state index contributed by atoms with van der Waals surface area (Å²) in [5, 5.41) is 1.05. The molecule has 1 saturated heterocycles. The lowest BCUT2D eigenvalue weighted by Gasteiger charge is -2.25. The van der Waals surface area contributed by atoms with E-state index < -0.39 is 0 Å². The first-order valence-corrected chi connectivity index (χ1v) is 8.26. The molecule has 0 N–H and O–H groups in total. The van der Waals surface area contributed by atoms with Gasteiger partial charge in [0.15, 0.2) is 0 Å². The summed E-state index contributed by atoms with van der Waals surface area (Å²) in [6, 6.07) is 15.0. The van der Waals surface area contributed by atoms with Crippen LogP contribution in [-0.2, 0) is 4.79 Å². The molecule has 1 aliphatic heterocycles. The van der Waals surface area contributed by atoms with Crippen LogP contribution in [0.4, 0.5) is 5.69 Å². The van der Waals surface area contributed by atoms with Gasteiger partial charge in [0.05, 0.1) is 5.25 Å². The maximum atomic E-state index is 12.5. The standard InChI is InChI=1S/C16H13Cl2NOS/c1-10-15(20)19(12-6-4-5-11(17)9-12)16(21-10)13-7-2-3-8-14(13)18/h2-10,16H,1H3. The number of carbonyl (C=O) groups is 1. The summed E-state index contributed by atoms with van der Waals surface area (Å²) in [6.07, 6.45) is 0. The number of hydrogen-bond acceptors (Lipinski definition) is 2. The highest BCUT2D eigenvalue weighted by atomic mass is 35.5. The molecular weight excluding hydrogens is 325 g/mol. The number of hydrogen-bond donors (Lipinski definition) is 0. The molecule has 2 atom stereocenters. The number of carbonyl (C=O) groups excluding carboxylic acids is 1. The fourth-order valence-corrected chi connectivity index (χ4v) is 4.20. The minimum absolute atomic E-state index is 0.0761. The van der Waals surface area contributed by atoms with Crippen molar-refractivity contribution in [2.24, 2.45) is 0 Å². The Kier molecular flexibility index (Phi) is 4.16. The lowest BCUT2D eigenvalue weighted by atomic mass is 10.1. The Morgan fingerprint density at radius 1 is 1.10 bits per heavy atom. The fourth-order valence-electron chi connectivity index (χ4n) is 2.40. The number of halogens is 2. The van der Waals surface area contributed by atoms with Crippen LogP contribution in [0.3, 0.4) is 0 Å². The van der Waals surface area contributed by atoms with Crippen molar-refractivity contribution in [3.8, 4) is 0 Å². The van der Waals surface area contributed by atoms with Crippen LogP contribution in [-0.4, -0.2) is 11.2 Å². The van der Waals surface area contributed by atoms with Gasteiger partial charge in [0, 0.05) is 21.3 Å². The van der Waals surface area contributed by atoms with E-state index in [0.717, 1.165) is 11.3 Å². The van der Waals surface area contributed by atoms with Crippen LogP contribution in [0.1, 0.15) is 17.9 Å². The molecule has 1 heterocycles. The summed E-state index contributed by atoms with van der Waals surface area (Å²) in [5.74, 6) is 0.0761. The Morgan fingerprint density at radius 3 is 2.57 bits per heavy atom. The van der Waals surface area contributed by atoms with Crippen molar-refractivity contribution in [3.05, 3.63) is 64.1 Å². The van der Waals surface area contributed by atoms with Crippen LogP contribution in [0, 0.1) is 0 Å². The quantitative estimate of drug-likeness (QED) is 0.754. The van der Waals surface area contributed by atoms with Gasteiger partial charge in [-0.25, -0.2) is 0 Å². The largest absolute Gasteiger partial charge is 0.295 e. The third-order valence-electron chi connectivity index (χ3n) is 3.41. The van der Waals surface area contributed by atoms with Gasteiger partial charge in [0.2, 0.25) is 5.91 Å². The number of thioether (sulfide) groups is 1. The SMILES string of the molecule is CC1SC(c2ccccc2Cl)N(c2cccc(Cl)c2)C1=O. The van der Waals surface area contributed by atoms with Gasteiger partial charge in [-0.2, -0.15) is 0 Å². The molecule has 0 bridgehead atoms. The molecule has 2 nitrogen and oxygen atoms in total. The summed E-state index contributed by atoms with van der Waals surface area (Å²) in [4.78, 5) is 14.3. The molecule has 1 aliphatic rings. The number of anilines is 1. The second-order valence-corrected chi connectivity index (χ2v) is 7.11. The lowest BCUT2D eigenvalue weighted by Crippen LogP contribution is -2.30. The van der Waals surface area contributed by atoms with Gasteiger partial charge < -0.3 is 0 Å². The number of benzene rings is 2. The number of nitrogens with zero attached hydrogens (tertiary/aromatic N) is 1. The molecule has 1 fully saturated rings. The average molecular weight is 338 g/mol. The van der Waals surface area contributed by atoms with Crippen molar-refractivity contribution < 1.29 is 4.79 Å². The predicted octanol–water partition coefficient (Wildman–Crippen LogP) is 5.16. The molecule has 108 valence electrons. The van der Waals surface area contributed by atoms with E-state index in [4.69, 9.17) is 23.2 Å². The van der Waals surface area contributed by atoms with E-state index in [2.05, 4.69) is 0 Å². The molecule has 0 aliphatic carbocycles. The van der Waals surface area contributed by atoms with E-state index in [-0.39, 0.29) is 16.5 Å². The van der Waals surface area contributed by atoms with Crippen LogP contribution in [0.5, 0.6) is 0 Å². The zero-order chi connectivity index (χ0) is 15.0. The molecular formula is C16H13Cl2NOS. The van der Waals surface area contributed by atoms with E-state index in [0.29, 0.717) is 10.0 Å². The van der Waals surface area contributed by atoms with Gasteiger partial charge in [-0.3, -0.25) is 9.69 Å². The Bertz CT molecular complexity index is 691. The molecule has 1 amide bonds. The maximum Gasteiger partial charge on any atom is 0.241 e.